The van der Waals surface area contributed by atoms with Crippen LogP contribution in [0.25, 0.3) is 11.4 Å². The van der Waals surface area contributed by atoms with Crippen molar-refractivity contribution in [1.29, 1.82) is 0 Å². The number of rotatable bonds is 4. The van der Waals surface area contributed by atoms with Crippen molar-refractivity contribution in [3.63, 3.8) is 0 Å². The lowest BCUT2D eigenvalue weighted by molar-refractivity contribution is -0.129. The van der Waals surface area contributed by atoms with Gasteiger partial charge >= 0.3 is 0 Å². The van der Waals surface area contributed by atoms with Gasteiger partial charge in [-0.1, -0.05) is 41.6 Å². The number of amides is 1. The van der Waals surface area contributed by atoms with Gasteiger partial charge in [0.25, 0.3) is 0 Å². The van der Waals surface area contributed by atoms with E-state index in [-0.39, 0.29) is 5.91 Å². The van der Waals surface area contributed by atoms with E-state index in [4.69, 9.17) is 0 Å². The summed E-state index contributed by atoms with van der Waals surface area (Å²) < 4.78 is 1.95. The molecule has 7 heteroatoms. The second-order valence-corrected chi connectivity index (χ2v) is 7.15. The fraction of sp³-hybridized carbons (Fsp3) is 0.471. The molecule has 0 unspecified atom stereocenters. The summed E-state index contributed by atoms with van der Waals surface area (Å²) in [5.41, 5.74) is 2.25. The summed E-state index contributed by atoms with van der Waals surface area (Å²) >= 11 is 1.45. The Morgan fingerprint density at radius 3 is 2.42 bits per heavy atom. The minimum absolute atomic E-state index is 0.174. The second kappa shape index (κ2) is 7.36. The molecule has 3 rings (SSSR count). The average molecular weight is 345 g/mol. The van der Waals surface area contributed by atoms with Gasteiger partial charge in [0.05, 0.1) is 5.75 Å². The lowest BCUT2D eigenvalue weighted by atomic mass is 10.1. The first-order valence-corrected chi connectivity index (χ1v) is 9.08. The van der Waals surface area contributed by atoms with Gasteiger partial charge in [0.2, 0.25) is 5.91 Å². The van der Waals surface area contributed by atoms with E-state index >= 15 is 0 Å². The molecule has 0 atom stereocenters. The molecule has 1 aromatic heterocycles. The number of nitrogens with zero attached hydrogens (tertiary/aromatic N) is 5. The molecule has 0 bridgehead atoms. The van der Waals surface area contributed by atoms with Crippen LogP contribution in [0.4, 0.5) is 0 Å². The van der Waals surface area contributed by atoms with E-state index in [1.807, 2.05) is 28.6 Å². The van der Waals surface area contributed by atoms with E-state index in [1.165, 1.54) is 17.3 Å². The number of likely N-dealkylation sites (N-methyl/N-ethyl adjacent to an activating group) is 1. The fourth-order valence-electron chi connectivity index (χ4n) is 2.67. The summed E-state index contributed by atoms with van der Waals surface area (Å²) in [7, 11) is 4.03. The van der Waals surface area contributed by atoms with Crippen LogP contribution < -0.4 is 0 Å². The van der Waals surface area contributed by atoms with Crippen LogP contribution in [0, 0.1) is 6.92 Å². The zero-order chi connectivity index (χ0) is 17.1. The molecule has 0 N–H and O–H groups in total. The van der Waals surface area contributed by atoms with Crippen molar-refractivity contribution in [3.8, 4) is 11.4 Å². The number of thioether (sulfide) groups is 1. The maximum Gasteiger partial charge on any atom is 0.233 e. The molecule has 0 aliphatic carbocycles. The molecule has 128 valence electrons. The molecule has 1 aliphatic heterocycles. The molecule has 6 nitrogen and oxygen atoms in total. The number of piperazine rings is 1. The van der Waals surface area contributed by atoms with Gasteiger partial charge in [-0.3, -0.25) is 4.79 Å². The van der Waals surface area contributed by atoms with Crippen molar-refractivity contribution < 1.29 is 4.79 Å². The average Bonchev–Trinajstić information content (AvgIpc) is 2.95. The van der Waals surface area contributed by atoms with Crippen molar-refractivity contribution in [2.75, 3.05) is 39.0 Å². The summed E-state index contributed by atoms with van der Waals surface area (Å²) in [5, 5.41) is 9.29. The predicted octanol–water partition coefficient (Wildman–Crippen LogP) is 1.66. The highest BCUT2D eigenvalue weighted by atomic mass is 32.2. The molecule has 0 radical (unpaired) electrons. The standard InChI is InChI=1S/C17H23N5OS/c1-13-4-6-14(7-5-13)16-18-19-17(21(16)3)24-12-15(23)22-10-8-20(2)9-11-22/h4-7H,8-12H2,1-3H3. The maximum atomic E-state index is 12.3. The van der Waals surface area contributed by atoms with E-state index in [9.17, 15) is 4.79 Å². The van der Waals surface area contributed by atoms with E-state index < -0.39 is 0 Å². The van der Waals surface area contributed by atoms with Crippen molar-refractivity contribution in [2.45, 2.75) is 12.1 Å². The van der Waals surface area contributed by atoms with Gasteiger partial charge < -0.3 is 14.4 Å². The summed E-state index contributed by atoms with van der Waals surface area (Å²) in [6, 6.07) is 8.22. The molecule has 1 saturated heterocycles. The highest BCUT2D eigenvalue weighted by Gasteiger charge is 2.20. The van der Waals surface area contributed by atoms with Crippen LogP contribution in [-0.4, -0.2) is 69.5 Å². The lowest BCUT2D eigenvalue weighted by Crippen LogP contribution is -2.47. The van der Waals surface area contributed by atoms with Gasteiger partial charge in [-0.2, -0.15) is 0 Å². The van der Waals surface area contributed by atoms with Crippen LogP contribution >= 0.6 is 11.8 Å². The highest BCUT2D eigenvalue weighted by molar-refractivity contribution is 7.99. The van der Waals surface area contributed by atoms with E-state index in [0.717, 1.165) is 42.7 Å². The van der Waals surface area contributed by atoms with Gasteiger partial charge in [-0.05, 0) is 14.0 Å². The van der Waals surface area contributed by atoms with Crippen LogP contribution in [0.2, 0.25) is 0 Å². The Kier molecular flexibility index (Phi) is 5.20. The Morgan fingerprint density at radius 2 is 1.75 bits per heavy atom. The smallest absolute Gasteiger partial charge is 0.233 e. The van der Waals surface area contributed by atoms with Crippen molar-refractivity contribution >= 4 is 17.7 Å². The number of benzene rings is 1. The molecule has 1 fully saturated rings. The first-order chi connectivity index (χ1) is 11.5. The van der Waals surface area contributed by atoms with Gasteiger partial charge in [0.15, 0.2) is 11.0 Å². The van der Waals surface area contributed by atoms with E-state index in [0.29, 0.717) is 5.75 Å². The molecule has 0 spiro atoms. The molecule has 24 heavy (non-hydrogen) atoms. The van der Waals surface area contributed by atoms with E-state index in [2.05, 4.69) is 41.2 Å². The Labute approximate surface area is 146 Å². The van der Waals surface area contributed by atoms with Crippen LogP contribution in [0.5, 0.6) is 0 Å². The summed E-state index contributed by atoms with van der Waals surface area (Å²) in [5.74, 6) is 1.40. The zero-order valence-electron chi connectivity index (χ0n) is 14.4. The lowest BCUT2D eigenvalue weighted by Gasteiger charge is -2.32. The normalized spacial score (nSPS) is 15.7. The maximum absolute atomic E-state index is 12.3. The first kappa shape index (κ1) is 17.0. The minimum atomic E-state index is 0.174. The van der Waals surface area contributed by atoms with Crippen molar-refractivity contribution in [1.82, 2.24) is 24.6 Å². The molecule has 2 heterocycles. The Morgan fingerprint density at radius 1 is 1.08 bits per heavy atom. The van der Waals surface area contributed by atoms with Crippen molar-refractivity contribution in [2.24, 2.45) is 7.05 Å². The second-order valence-electron chi connectivity index (χ2n) is 6.20. The third-order valence-corrected chi connectivity index (χ3v) is 5.33. The number of carbonyl (C=O) groups is 1. The van der Waals surface area contributed by atoms with Gasteiger partial charge in [0, 0.05) is 38.8 Å². The predicted molar refractivity (Wildman–Crippen MR) is 96.0 cm³/mol. The number of aryl methyl sites for hydroxylation is 1. The van der Waals surface area contributed by atoms with Crippen LogP contribution in [0.1, 0.15) is 5.56 Å². The quantitative estimate of drug-likeness (QED) is 0.789. The number of aromatic nitrogens is 3. The number of hydrogen-bond acceptors (Lipinski definition) is 5. The van der Waals surface area contributed by atoms with Crippen LogP contribution in [0.15, 0.2) is 29.4 Å². The van der Waals surface area contributed by atoms with Crippen molar-refractivity contribution in [3.05, 3.63) is 29.8 Å². The molecule has 2 aromatic rings. The van der Waals surface area contributed by atoms with Crippen LogP contribution in [-0.2, 0) is 11.8 Å². The minimum Gasteiger partial charge on any atom is -0.339 e. The Bertz CT molecular complexity index is 704. The molecular formula is C17H23N5OS. The first-order valence-electron chi connectivity index (χ1n) is 8.10. The van der Waals surface area contributed by atoms with Gasteiger partial charge in [0.1, 0.15) is 0 Å². The SMILES string of the molecule is Cc1ccc(-c2nnc(SCC(=O)N3CCN(C)CC3)n2C)cc1. The Hall–Kier alpha value is -1.86. The number of hydrogen-bond donors (Lipinski definition) is 0. The summed E-state index contributed by atoms with van der Waals surface area (Å²) in [6.45, 7) is 5.56. The molecule has 1 aliphatic rings. The number of carbonyl (C=O) groups excluding carboxylic acids is 1. The Balaban J connectivity index is 1.62. The molecule has 1 aromatic carbocycles. The third-order valence-electron chi connectivity index (χ3n) is 4.33. The molecule has 1 amide bonds. The molecular weight excluding hydrogens is 322 g/mol. The topological polar surface area (TPSA) is 54.3 Å². The monoisotopic (exact) mass is 345 g/mol. The largest absolute Gasteiger partial charge is 0.339 e. The fourth-order valence-corrected chi connectivity index (χ4v) is 3.48. The van der Waals surface area contributed by atoms with Gasteiger partial charge in [-0.15, -0.1) is 10.2 Å². The third kappa shape index (κ3) is 3.79. The van der Waals surface area contributed by atoms with E-state index in [1.54, 1.807) is 0 Å². The summed E-state index contributed by atoms with van der Waals surface area (Å²) in [4.78, 5) is 16.5. The van der Waals surface area contributed by atoms with Gasteiger partial charge in [-0.25, -0.2) is 0 Å². The summed E-state index contributed by atoms with van der Waals surface area (Å²) in [6.07, 6.45) is 0. The zero-order valence-corrected chi connectivity index (χ0v) is 15.2. The molecule has 0 saturated carbocycles. The van der Waals surface area contributed by atoms with Crippen LogP contribution in [0.3, 0.4) is 0 Å². The highest BCUT2D eigenvalue weighted by Crippen LogP contribution is 2.23.